The lowest BCUT2D eigenvalue weighted by Crippen LogP contribution is -2.23. The van der Waals surface area contributed by atoms with E-state index in [9.17, 15) is 9.59 Å². The molecule has 0 aliphatic carbocycles. The zero-order valence-corrected chi connectivity index (χ0v) is 12.6. The summed E-state index contributed by atoms with van der Waals surface area (Å²) in [5.41, 5.74) is 0.752. The Morgan fingerprint density at radius 2 is 2.10 bits per heavy atom. The molecular weight excluding hydrogens is 282 g/mol. The molecule has 0 aromatic carbocycles. The minimum absolute atomic E-state index is 0.238. The first-order valence-electron chi connectivity index (χ1n) is 5.82. The molecule has 1 heterocycles. The van der Waals surface area contributed by atoms with Crippen LogP contribution in [-0.4, -0.2) is 44.1 Å². The normalized spacial score (nSPS) is 10.7. The summed E-state index contributed by atoms with van der Waals surface area (Å²) in [6, 6.07) is 0. The summed E-state index contributed by atoms with van der Waals surface area (Å²) in [4.78, 5) is 28.1. The lowest BCUT2D eigenvalue weighted by molar-refractivity contribution is 0.0527. The van der Waals surface area contributed by atoms with E-state index >= 15 is 0 Å². The third-order valence-corrected chi connectivity index (χ3v) is 3.52. The first-order valence-corrected chi connectivity index (χ1v) is 6.64. The van der Waals surface area contributed by atoms with Gasteiger partial charge in [-0.15, -0.1) is 11.3 Å². The van der Waals surface area contributed by atoms with Gasteiger partial charge in [0, 0.05) is 7.05 Å². The topological polar surface area (TPSA) is 94.2 Å². The summed E-state index contributed by atoms with van der Waals surface area (Å²) in [6.07, 6.45) is 1.34. The van der Waals surface area contributed by atoms with E-state index in [1.165, 1.54) is 18.5 Å². The predicted molar refractivity (Wildman–Crippen MR) is 76.5 cm³/mol. The molecular formula is C12H17N3O4S. The van der Waals surface area contributed by atoms with Gasteiger partial charge in [-0.1, -0.05) is 0 Å². The molecule has 0 saturated carbocycles. The average Bonchev–Trinajstić information content (AvgIpc) is 2.72. The highest BCUT2D eigenvalue weighted by molar-refractivity contribution is 7.18. The summed E-state index contributed by atoms with van der Waals surface area (Å²) in [5, 5.41) is 1.60. The first-order chi connectivity index (χ1) is 9.42. The zero-order chi connectivity index (χ0) is 15.3. The van der Waals surface area contributed by atoms with Crippen molar-refractivity contribution in [3.05, 3.63) is 16.0 Å². The number of methoxy groups -OCH3 is 1. The molecule has 7 nitrogen and oxygen atoms in total. The number of ether oxygens (including phenoxy) is 2. The molecule has 0 bridgehead atoms. The van der Waals surface area contributed by atoms with Crippen molar-refractivity contribution in [1.82, 2.24) is 5.01 Å². The van der Waals surface area contributed by atoms with Crippen LogP contribution in [0, 0.1) is 6.92 Å². The number of rotatable bonds is 5. The smallest absolute Gasteiger partial charge is 0.348 e. The van der Waals surface area contributed by atoms with Crippen LogP contribution in [0.15, 0.2) is 4.99 Å². The number of aliphatic imine (C=N–C) groups is 1. The number of thiophene rings is 1. The van der Waals surface area contributed by atoms with Gasteiger partial charge in [-0.05, 0) is 19.4 Å². The van der Waals surface area contributed by atoms with Gasteiger partial charge in [0.15, 0.2) is 0 Å². The maximum absolute atomic E-state index is 12.0. The van der Waals surface area contributed by atoms with E-state index in [0.717, 1.165) is 11.3 Å². The van der Waals surface area contributed by atoms with Crippen LogP contribution in [0.3, 0.4) is 0 Å². The van der Waals surface area contributed by atoms with Crippen LogP contribution in [0.4, 0.5) is 5.00 Å². The molecule has 0 fully saturated rings. The third kappa shape index (κ3) is 3.55. The summed E-state index contributed by atoms with van der Waals surface area (Å²) >= 11 is 1.06. The predicted octanol–water partition coefficient (Wildman–Crippen LogP) is 1.49. The van der Waals surface area contributed by atoms with Gasteiger partial charge in [0.25, 0.3) is 0 Å². The summed E-state index contributed by atoms with van der Waals surface area (Å²) in [6.45, 7) is 3.60. The second-order valence-electron chi connectivity index (χ2n) is 3.86. The Labute approximate surface area is 121 Å². The Bertz CT molecular complexity index is 537. The van der Waals surface area contributed by atoms with Gasteiger partial charge in [0.05, 0.1) is 13.7 Å². The van der Waals surface area contributed by atoms with Gasteiger partial charge < -0.3 is 14.5 Å². The Kier molecular flexibility index (Phi) is 5.66. The highest BCUT2D eigenvalue weighted by Gasteiger charge is 2.25. The molecule has 110 valence electrons. The molecule has 8 heteroatoms. The van der Waals surface area contributed by atoms with Crippen molar-refractivity contribution >= 4 is 34.6 Å². The maximum atomic E-state index is 12.0. The molecule has 0 amide bonds. The van der Waals surface area contributed by atoms with E-state index in [4.69, 9.17) is 10.6 Å². The average molecular weight is 299 g/mol. The fraction of sp³-hybridized carbons (Fsp3) is 0.417. The molecule has 0 unspecified atom stereocenters. The fourth-order valence-corrected chi connectivity index (χ4v) is 2.52. The van der Waals surface area contributed by atoms with Crippen molar-refractivity contribution in [2.24, 2.45) is 10.8 Å². The van der Waals surface area contributed by atoms with E-state index < -0.39 is 11.9 Å². The van der Waals surface area contributed by atoms with Crippen molar-refractivity contribution in [3.8, 4) is 0 Å². The van der Waals surface area contributed by atoms with Gasteiger partial charge in [-0.25, -0.2) is 20.4 Å². The Balaban J connectivity index is 3.32. The molecule has 2 N–H and O–H groups in total. The Morgan fingerprint density at radius 1 is 1.45 bits per heavy atom. The van der Waals surface area contributed by atoms with Crippen LogP contribution < -0.4 is 5.84 Å². The highest BCUT2D eigenvalue weighted by atomic mass is 32.1. The van der Waals surface area contributed by atoms with Crippen LogP contribution in [0.2, 0.25) is 0 Å². The molecule has 1 rings (SSSR count). The van der Waals surface area contributed by atoms with Crippen molar-refractivity contribution < 1.29 is 19.1 Å². The minimum atomic E-state index is -0.525. The van der Waals surface area contributed by atoms with Gasteiger partial charge in [-0.2, -0.15) is 0 Å². The lowest BCUT2D eigenvalue weighted by atomic mass is 10.1. The Morgan fingerprint density at radius 3 is 2.60 bits per heavy atom. The number of hydrogen-bond donors (Lipinski definition) is 1. The number of hydrazine groups is 1. The van der Waals surface area contributed by atoms with Crippen molar-refractivity contribution in [2.75, 3.05) is 20.8 Å². The number of hydrogen-bond acceptors (Lipinski definition) is 7. The van der Waals surface area contributed by atoms with Crippen molar-refractivity contribution in [3.63, 3.8) is 0 Å². The van der Waals surface area contributed by atoms with Crippen LogP contribution in [0.25, 0.3) is 0 Å². The molecule has 0 aliphatic heterocycles. The van der Waals surface area contributed by atoms with Crippen LogP contribution in [0.5, 0.6) is 0 Å². The fourth-order valence-electron chi connectivity index (χ4n) is 1.46. The summed E-state index contributed by atoms with van der Waals surface area (Å²) < 4.78 is 9.66. The van der Waals surface area contributed by atoms with E-state index in [-0.39, 0.29) is 12.2 Å². The summed E-state index contributed by atoms with van der Waals surface area (Å²) in [5.74, 6) is 4.40. The van der Waals surface area contributed by atoms with Crippen LogP contribution >= 0.6 is 11.3 Å². The highest BCUT2D eigenvalue weighted by Crippen LogP contribution is 2.36. The first kappa shape index (κ1) is 16.1. The molecule has 0 saturated heterocycles. The molecule has 0 atom stereocenters. The van der Waals surface area contributed by atoms with Gasteiger partial charge in [0.1, 0.15) is 21.8 Å². The SMILES string of the molecule is CCOC(=O)c1c(N=CN(C)N)sc(C(=O)OC)c1C. The number of nitrogens with two attached hydrogens (primary N) is 1. The maximum Gasteiger partial charge on any atom is 0.348 e. The van der Waals surface area contributed by atoms with Gasteiger partial charge >= 0.3 is 11.9 Å². The van der Waals surface area contributed by atoms with Gasteiger partial charge in [0.2, 0.25) is 0 Å². The Hall–Kier alpha value is -1.93. The van der Waals surface area contributed by atoms with E-state index in [2.05, 4.69) is 9.73 Å². The summed E-state index contributed by atoms with van der Waals surface area (Å²) in [7, 11) is 2.87. The molecule has 0 aliphatic rings. The quantitative estimate of drug-likeness (QED) is 0.291. The standard InChI is InChI=1S/C12H17N3O4S/c1-5-19-11(16)8-7(2)9(12(17)18-4)20-10(8)14-6-15(3)13/h6H,5,13H2,1-4H3. The third-order valence-electron chi connectivity index (χ3n) is 2.34. The lowest BCUT2D eigenvalue weighted by Gasteiger charge is -2.04. The van der Waals surface area contributed by atoms with Crippen LogP contribution in [0.1, 0.15) is 32.5 Å². The number of nitrogens with zero attached hydrogens (tertiary/aromatic N) is 2. The molecule has 0 spiro atoms. The van der Waals surface area contributed by atoms with Crippen LogP contribution in [-0.2, 0) is 9.47 Å². The monoisotopic (exact) mass is 299 g/mol. The zero-order valence-electron chi connectivity index (χ0n) is 11.8. The molecule has 0 radical (unpaired) electrons. The largest absolute Gasteiger partial charge is 0.465 e. The second kappa shape index (κ2) is 7.01. The molecule has 1 aromatic heterocycles. The number of esters is 2. The molecule has 1 aromatic rings. The van der Waals surface area contributed by atoms with E-state index in [0.29, 0.717) is 15.4 Å². The van der Waals surface area contributed by atoms with Crippen molar-refractivity contribution in [2.45, 2.75) is 13.8 Å². The number of carbonyl (C=O) groups is 2. The number of carbonyl (C=O) groups excluding carboxylic acids is 2. The second-order valence-corrected chi connectivity index (χ2v) is 4.86. The van der Waals surface area contributed by atoms with Crippen molar-refractivity contribution in [1.29, 1.82) is 0 Å². The molecule has 20 heavy (non-hydrogen) atoms. The van der Waals surface area contributed by atoms with Gasteiger partial charge in [-0.3, -0.25) is 0 Å². The minimum Gasteiger partial charge on any atom is -0.465 e. The van der Waals surface area contributed by atoms with E-state index in [1.807, 2.05) is 0 Å². The van der Waals surface area contributed by atoms with E-state index in [1.54, 1.807) is 20.9 Å².